The number of hydrogen-bond donors (Lipinski definition) is 0. The third-order valence-corrected chi connectivity index (χ3v) is 2.51. The van der Waals surface area contributed by atoms with Crippen LogP contribution in [0.25, 0.3) is 6.08 Å². The molecule has 0 aromatic heterocycles. The number of carbonyl (C=O) groups excluding carboxylic acids is 1. The van der Waals surface area contributed by atoms with Crippen LogP contribution in [0.2, 0.25) is 0 Å². The first-order valence-electron chi connectivity index (χ1n) is 5.85. The van der Waals surface area contributed by atoms with Gasteiger partial charge in [-0.3, -0.25) is 4.79 Å². The van der Waals surface area contributed by atoms with Gasteiger partial charge in [-0.1, -0.05) is 78.9 Å². The van der Waals surface area contributed by atoms with Crippen LogP contribution in [-0.4, -0.2) is 5.78 Å². The van der Waals surface area contributed by atoms with Gasteiger partial charge in [-0.15, -0.1) is 0 Å². The number of ketones is 1. The Labute approximate surface area is 107 Å². The van der Waals surface area contributed by atoms with Crippen LogP contribution in [0.1, 0.15) is 15.9 Å². The summed E-state index contributed by atoms with van der Waals surface area (Å²) in [5.74, 6) is 0.0216. The van der Waals surface area contributed by atoms with Crippen molar-refractivity contribution in [3.8, 4) is 0 Å². The third-order valence-electron chi connectivity index (χ3n) is 2.51. The van der Waals surface area contributed by atoms with E-state index in [1.54, 1.807) is 12.2 Å². The lowest BCUT2D eigenvalue weighted by molar-refractivity contribution is 0.104. The van der Waals surface area contributed by atoms with Gasteiger partial charge in [-0.2, -0.15) is 0 Å². The molecule has 0 saturated heterocycles. The van der Waals surface area contributed by atoms with Gasteiger partial charge < -0.3 is 0 Å². The average molecular weight is 234 g/mol. The maximum absolute atomic E-state index is 11.7. The lowest BCUT2D eigenvalue weighted by Gasteiger charge is -1.92. The second kappa shape index (κ2) is 6.36. The summed E-state index contributed by atoms with van der Waals surface area (Å²) in [6, 6.07) is 19.2. The van der Waals surface area contributed by atoms with Crippen molar-refractivity contribution in [1.82, 2.24) is 0 Å². The molecule has 2 aromatic rings. The highest BCUT2D eigenvalue weighted by atomic mass is 16.1. The molecule has 1 heteroatoms. The van der Waals surface area contributed by atoms with Crippen LogP contribution < -0.4 is 0 Å². The van der Waals surface area contributed by atoms with Crippen molar-refractivity contribution in [3.63, 3.8) is 0 Å². The lowest BCUT2D eigenvalue weighted by Crippen LogP contribution is -1.92. The summed E-state index contributed by atoms with van der Waals surface area (Å²) in [7, 11) is 0. The van der Waals surface area contributed by atoms with Gasteiger partial charge in [-0.05, 0) is 11.6 Å². The Morgan fingerprint density at radius 1 is 0.778 bits per heavy atom. The molecule has 0 fully saturated rings. The molecule has 2 aromatic carbocycles. The first-order valence-corrected chi connectivity index (χ1v) is 5.85. The minimum absolute atomic E-state index is 0.0216. The average Bonchev–Trinajstić information content (AvgIpc) is 2.45. The summed E-state index contributed by atoms with van der Waals surface area (Å²) in [5, 5.41) is 0. The molecule has 0 aliphatic carbocycles. The largest absolute Gasteiger partial charge is 0.289 e. The zero-order chi connectivity index (χ0) is 12.6. The standard InChI is InChI=1S/C17H14O/c18-17(16-12-5-2-6-13-16)14-8-7-11-15-9-3-1-4-10-15/h1-14H/b11-7-,14-8+. The van der Waals surface area contributed by atoms with Crippen molar-refractivity contribution in [3.05, 3.63) is 90.0 Å². The predicted molar refractivity (Wildman–Crippen MR) is 75.4 cm³/mol. The second-order valence-electron chi connectivity index (χ2n) is 3.86. The molecular weight excluding hydrogens is 220 g/mol. The van der Waals surface area contributed by atoms with Crippen LogP contribution in [0, 0.1) is 0 Å². The maximum Gasteiger partial charge on any atom is 0.185 e. The van der Waals surface area contributed by atoms with Gasteiger partial charge >= 0.3 is 0 Å². The molecule has 0 unspecified atom stereocenters. The molecule has 0 spiro atoms. The van der Waals surface area contributed by atoms with Gasteiger partial charge in [-0.25, -0.2) is 0 Å². The van der Waals surface area contributed by atoms with Crippen molar-refractivity contribution in [1.29, 1.82) is 0 Å². The van der Waals surface area contributed by atoms with Crippen molar-refractivity contribution in [2.45, 2.75) is 0 Å². The molecule has 18 heavy (non-hydrogen) atoms. The monoisotopic (exact) mass is 234 g/mol. The van der Waals surface area contributed by atoms with Crippen LogP contribution in [0.15, 0.2) is 78.9 Å². The number of carbonyl (C=O) groups is 1. The Morgan fingerprint density at radius 3 is 2.06 bits per heavy atom. The molecule has 88 valence electrons. The molecule has 2 rings (SSSR count). The molecule has 0 amide bonds. The number of rotatable bonds is 4. The van der Waals surface area contributed by atoms with Gasteiger partial charge in [0.2, 0.25) is 0 Å². The fourth-order valence-electron chi connectivity index (χ4n) is 1.57. The highest BCUT2D eigenvalue weighted by Crippen LogP contribution is 2.03. The van der Waals surface area contributed by atoms with Gasteiger partial charge in [0.25, 0.3) is 0 Å². The van der Waals surface area contributed by atoms with E-state index in [1.165, 1.54) is 0 Å². The van der Waals surface area contributed by atoms with Crippen molar-refractivity contribution >= 4 is 11.9 Å². The third kappa shape index (κ3) is 3.56. The van der Waals surface area contributed by atoms with Crippen LogP contribution in [0.5, 0.6) is 0 Å². The van der Waals surface area contributed by atoms with E-state index < -0.39 is 0 Å². The fourth-order valence-corrected chi connectivity index (χ4v) is 1.57. The van der Waals surface area contributed by atoms with E-state index in [0.29, 0.717) is 5.56 Å². The molecule has 0 saturated carbocycles. The van der Waals surface area contributed by atoms with Crippen molar-refractivity contribution in [2.24, 2.45) is 0 Å². The van der Waals surface area contributed by atoms with Crippen molar-refractivity contribution < 1.29 is 4.79 Å². The number of benzene rings is 2. The molecule has 0 radical (unpaired) electrons. The maximum atomic E-state index is 11.7. The minimum atomic E-state index is 0.0216. The molecule has 0 bridgehead atoms. The first-order chi connectivity index (χ1) is 8.86. The zero-order valence-corrected chi connectivity index (χ0v) is 9.99. The van der Waals surface area contributed by atoms with E-state index in [4.69, 9.17) is 0 Å². The summed E-state index contributed by atoms with van der Waals surface area (Å²) >= 11 is 0. The molecule has 0 N–H and O–H groups in total. The molecular formula is C17H14O. The number of hydrogen-bond acceptors (Lipinski definition) is 1. The SMILES string of the molecule is O=C(/C=C/C=C\c1ccccc1)c1ccccc1. The topological polar surface area (TPSA) is 17.1 Å². The summed E-state index contributed by atoms with van der Waals surface area (Å²) in [5.41, 5.74) is 1.83. The Hall–Kier alpha value is -2.41. The van der Waals surface area contributed by atoms with E-state index in [-0.39, 0.29) is 5.78 Å². The molecule has 0 heterocycles. The van der Waals surface area contributed by atoms with Crippen LogP contribution in [0.4, 0.5) is 0 Å². The smallest absolute Gasteiger partial charge is 0.185 e. The Kier molecular flexibility index (Phi) is 4.26. The normalized spacial score (nSPS) is 11.1. The minimum Gasteiger partial charge on any atom is -0.289 e. The highest BCUT2D eigenvalue weighted by molar-refractivity contribution is 6.04. The Bertz CT molecular complexity index is 551. The Balaban J connectivity index is 1.96. The zero-order valence-electron chi connectivity index (χ0n) is 9.99. The van der Waals surface area contributed by atoms with Crippen LogP contribution in [0.3, 0.4) is 0 Å². The summed E-state index contributed by atoms with van der Waals surface area (Å²) in [6.45, 7) is 0. The summed E-state index contributed by atoms with van der Waals surface area (Å²) in [4.78, 5) is 11.7. The van der Waals surface area contributed by atoms with E-state index in [2.05, 4.69) is 0 Å². The quantitative estimate of drug-likeness (QED) is 0.441. The highest BCUT2D eigenvalue weighted by Gasteiger charge is 1.97. The van der Waals surface area contributed by atoms with Gasteiger partial charge in [0, 0.05) is 5.56 Å². The second-order valence-corrected chi connectivity index (χ2v) is 3.86. The van der Waals surface area contributed by atoms with E-state index in [9.17, 15) is 4.79 Å². The molecule has 1 nitrogen and oxygen atoms in total. The molecule has 0 atom stereocenters. The van der Waals surface area contributed by atoms with E-state index in [1.807, 2.05) is 72.8 Å². The molecule has 0 aliphatic heterocycles. The summed E-state index contributed by atoms with van der Waals surface area (Å²) in [6.07, 6.45) is 7.18. The lowest BCUT2D eigenvalue weighted by atomic mass is 10.1. The van der Waals surface area contributed by atoms with E-state index >= 15 is 0 Å². The first kappa shape index (κ1) is 12.1. The van der Waals surface area contributed by atoms with Gasteiger partial charge in [0.05, 0.1) is 0 Å². The van der Waals surface area contributed by atoms with Gasteiger partial charge in [0.1, 0.15) is 0 Å². The van der Waals surface area contributed by atoms with Crippen LogP contribution >= 0.6 is 0 Å². The van der Waals surface area contributed by atoms with Crippen molar-refractivity contribution in [2.75, 3.05) is 0 Å². The van der Waals surface area contributed by atoms with Crippen LogP contribution in [-0.2, 0) is 0 Å². The Morgan fingerprint density at radius 2 is 1.39 bits per heavy atom. The summed E-state index contributed by atoms with van der Waals surface area (Å²) < 4.78 is 0. The van der Waals surface area contributed by atoms with E-state index in [0.717, 1.165) is 5.56 Å². The van der Waals surface area contributed by atoms with Gasteiger partial charge in [0.15, 0.2) is 5.78 Å². The predicted octanol–water partition coefficient (Wildman–Crippen LogP) is 4.14. The molecule has 0 aliphatic rings. The fraction of sp³-hybridized carbons (Fsp3) is 0. The number of allylic oxidation sites excluding steroid dienone is 3.